The molecule has 4 nitrogen and oxygen atoms in total. The first-order chi connectivity index (χ1) is 10.9. The second kappa shape index (κ2) is 7.09. The molecule has 2 rings (SSSR count). The summed E-state index contributed by atoms with van der Waals surface area (Å²) in [5, 5.41) is 11.0. The second-order valence-corrected chi connectivity index (χ2v) is 5.48. The average molecular weight is 311 g/mol. The Morgan fingerprint density at radius 2 is 1.52 bits per heavy atom. The Bertz CT molecular complexity index is 730. The number of carboxylic acids is 1. The number of benzene rings is 2. The number of esters is 1. The highest BCUT2D eigenvalue weighted by atomic mass is 16.5. The summed E-state index contributed by atoms with van der Waals surface area (Å²) >= 11 is 0. The summed E-state index contributed by atoms with van der Waals surface area (Å²) in [7, 11) is 0. The number of aromatic carboxylic acids is 1. The topological polar surface area (TPSA) is 66.4 Å². The van der Waals surface area contributed by atoms with E-state index in [4.69, 9.17) is 4.74 Å². The van der Waals surface area contributed by atoms with Crippen LogP contribution in [0.15, 0.2) is 36.4 Å². The van der Waals surface area contributed by atoms with Crippen molar-refractivity contribution in [3.05, 3.63) is 64.2 Å². The number of rotatable bonds is 5. The smallest absolute Gasteiger partial charge is 0.343 e. The zero-order valence-electron chi connectivity index (χ0n) is 13.5. The van der Waals surface area contributed by atoms with E-state index >= 15 is 0 Å². The van der Waals surface area contributed by atoms with Gasteiger partial charge in [-0.15, -0.1) is 0 Å². The van der Waals surface area contributed by atoms with Crippen LogP contribution in [0.25, 0.3) is 0 Å². The molecule has 0 atom stereocenters. The molecule has 0 aliphatic rings. The Hall–Kier alpha value is -2.62. The molecule has 0 amide bonds. The summed E-state index contributed by atoms with van der Waals surface area (Å²) in [4.78, 5) is 23.3. The predicted molar refractivity (Wildman–Crippen MR) is 85.6 cm³/mol. The molecule has 0 radical (unpaired) electrons. The molecule has 0 aliphatic carbocycles. The lowest BCUT2D eigenvalue weighted by Crippen LogP contribution is -2.24. The van der Waals surface area contributed by atoms with Gasteiger partial charge in [0, 0.05) is 5.56 Å². The van der Waals surface area contributed by atoms with E-state index in [9.17, 15) is 14.7 Å². The third-order valence-corrected chi connectivity index (χ3v) is 3.90. The fourth-order valence-electron chi connectivity index (χ4n) is 2.44. The number of carbonyl (C=O) groups is 2. The number of aryl methyl sites for hydroxylation is 1. The van der Waals surface area contributed by atoms with Crippen LogP contribution in [0.3, 0.4) is 0 Å². The highest BCUT2D eigenvalue weighted by Crippen LogP contribution is 2.20. The van der Waals surface area contributed by atoms with Crippen LogP contribution in [0.1, 0.15) is 50.8 Å². The molecule has 0 fully saturated rings. The maximum absolute atomic E-state index is 12.3. The van der Waals surface area contributed by atoms with Crippen LogP contribution < -0.4 is 9.84 Å². The van der Waals surface area contributed by atoms with Crippen LogP contribution in [-0.4, -0.2) is 11.9 Å². The van der Waals surface area contributed by atoms with Gasteiger partial charge in [-0.1, -0.05) is 31.5 Å². The largest absolute Gasteiger partial charge is 0.545 e. The number of hydrogen-bond donors (Lipinski definition) is 0. The first-order valence-corrected chi connectivity index (χ1v) is 7.56. The molecule has 4 heteroatoms. The van der Waals surface area contributed by atoms with Crippen LogP contribution in [0, 0.1) is 13.8 Å². The van der Waals surface area contributed by atoms with E-state index in [1.807, 2.05) is 12.1 Å². The van der Waals surface area contributed by atoms with E-state index in [1.165, 1.54) is 17.7 Å². The third kappa shape index (κ3) is 3.77. The van der Waals surface area contributed by atoms with Gasteiger partial charge in [-0.2, -0.15) is 0 Å². The zero-order valence-corrected chi connectivity index (χ0v) is 13.5. The molecular weight excluding hydrogens is 292 g/mol. The third-order valence-electron chi connectivity index (χ3n) is 3.90. The van der Waals surface area contributed by atoms with Gasteiger partial charge in [-0.25, -0.2) is 4.79 Å². The standard InChI is InChI=1S/C19H20O4/c1-4-5-14-6-8-15(9-7-14)23-19(22)17-11-10-16(18(20)21)12(2)13(17)3/h6-11H,4-5H2,1-3H3,(H,20,21)/p-1. The minimum Gasteiger partial charge on any atom is -0.545 e. The van der Waals surface area contributed by atoms with Gasteiger partial charge < -0.3 is 14.6 Å². The number of carboxylic acid groups (broad SMARTS) is 1. The van der Waals surface area contributed by atoms with Gasteiger partial charge in [0.1, 0.15) is 5.75 Å². The number of hydrogen-bond acceptors (Lipinski definition) is 4. The molecule has 2 aromatic carbocycles. The van der Waals surface area contributed by atoms with Crippen LogP contribution in [0.4, 0.5) is 0 Å². The summed E-state index contributed by atoms with van der Waals surface area (Å²) in [6.07, 6.45) is 2.04. The summed E-state index contributed by atoms with van der Waals surface area (Å²) in [5.74, 6) is -1.29. The average Bonchev–Trinajstić information content (AvgIpc) is 2.51. The fraction of sp³-hybridized carbons (Fsp3) is 0.263. The SMILES string of the molecule is CCCc1ccc(OC(=O)c2ccc(C(=O)[O-])c(C)c2C)cc1. The summed E-state index contributed by atoms with van der Waals surface area (Å²) < 4.78 is 5.37. The molecule has 0 bridgehead atoms. The Labute approximate surface area is 135 Å². The van der Waals surface area contributed by atoms with Gasteiger partial charge in [0.05, 0.1) is 11.5 Å². The Morgan fingerprint density at radius 3 is 2.09 bits per heavy atom. The normalized spacial score (nSPS) is 10.4. The molecule has 0 aromatic heterocycles. The van der Waals surface area contributed by atoms with Crippen molar-refractivity contribution in [3.8, 4) is 5.75 Å². The molecule has 0 saturated heterocycles. The van der Waals surface area contributed by atoms with E-state index < -0.39 is 11.9 Å². The predicted octanol–water partition coefficient (Wildman–Crippen LogP) is 2.84. The maximum atomic E-state index is 12.3. The van der Waals surface area contributed by atoms with E-state index in [-0.39, 0.29) is 5.56 Å². The monoisotopic (exact) mass is 311 g/mol. The Morgan fingerprint density at radius 1 is 0.957 bits per heavy atom. The summed E-state index contributed by atoms with van der Waals surface area (Å²) in [6, 6.07) is 10.2. The van der Waals surface area contributed by atoms with Crippen LogP contribution in [0.2, 0.25) is 0 Å². The molecule has 0 aliphatic heterocycles. The van der Waals surface area contributed by atoms with Crippen LogP contribution in [-0.2, 0) is 6.42 Å². The minimum absolute atomic E-state index is 0.0861. The van der Waals surface area contributed by atoms with Crippen LogP contribution in [0.5, 0.6) is 5.75 Å². The fourth-order valence-corrected chi connectivity index (χ4v) is 2.44. The molecule has 23 heavy (non-hydrogen) atoms. The Kier molecular flexibility index (Phi) is 5.16. The van der Waals surface area contributed by atoms with E-state index in [0.717, 1.165) is 12.8 Å². The van der Waals surface area contributed by atoms with Gasteiger partial charge in [-0.05, 0) is 55.2 Å². The second-order valence-electron chi connectivity index (χ2n) is 5.48. The maximum Gasteiger partial charge on any atom is 0.343 e. The van der Waals surface area contributed by atoms with Gasteiger partial charge >= 0.3 is 5.97 Å². The molecule has 0 saturated carbocycles. The Balaban J connectivity index is 2.21. The number of carbonyl (C=O) groups excluding carboxylic acids is 2. The van der Waals surface area contributed by atoms with Crippen molar-refractivity contribution < 1.29 is 19.4 Å². The van der Waals surface area contributed by atoms with E-state index in [1.54, 1.807) is 26.0 Å². The lowest BCUT2D eigenvalue weighted by Gasteiger charge is -2.13. The molecule has 0 N–H and O–H groups in total. The van der Waals surface area contributed by atoms with E-state index in [0.29, 0.717) is 22.4 Å². The van der Waals surface area contributed by atoms with Gasteiger partial charge in [-0.3, -0.25) is 0 Å². The lowest BCUT2D eigenvalue weighted by molar-refractivity contribution is -0.255. The van der Waals surface area contributed by atoms with Crippen molar-refractivity contribution in [2.45, 2.75) is 33.6 Å². The molecule has 0 spiro atoms. The van der Waals surface area contributed by atoms with Crippen molar-refractivity contribution in [2.75, 3.05) is 0 Å². The van der Waals surface area contributed by atoms with Gasteiger partial charge in [0.25, 0.3) is 0 Å². The first-order valence-electron chi connectivity index (χ1n) is 7.56. The van der Waals surface area contributed by atoms with Crippen molar-refractivity contribution in [1.82, 2.24) is 0 Å². The van der Waals surface area contributed by atoms with Crippen molar-refractivity contribution >= 4 is 11.9 Å². The zero-order chi connectivity index (χ0) is 17.0. The van der Waals surface area contributed by atoms with Crippen LogP contribution >= 0.6 is 0 Å². The minimum atomic E-state index is -1.25. The van der Waals surface area contributed by atoms with Crippen molar-refractivity contribution in [1.29, 1.82) is 0 Å². The van der Waals surface area contributed by atoms with Crippen molar-refractivity contribution in [2.24, 2.45) is 0 Å². The molecular formula is C19H19O4-. The molecule has 2 aromatic rings. The quantitative estimate of drug-likeness (QED) is 0.629. The molecule has 120 valence electrons. The first kappa shape index (κ1) is 16.7. The van der Waals surface area contributed by atoms with E-state index in [2.05, 4.69) is 6.92 Å². The van der Waals surface area contributed by atoms with Crippen molar-refractivity contribution in [3.63, 3.8) is 0 Å². The summed E-state index contributed by atoms with van der Waals surface area (Å²) in [6.45, 7) is 5.45. The molecule has 0 unspecified atom stereocenters. The number of ether oxygens (including phenoxy) is 1. The lowest BCUT2D eigenvalue weighted by atomic mass is 9.98. The highest BCUT2D eigenvalue weighted by molar-refractivity contribution is 5.96. The van der Waals surface area contributed by atoms with Gasteiger partial charge in [0.15, 0.2) is 0 Å². The van der Waals surface area contributed by atoms with Gasteiger partial charge in [0.2, 0.25) is 0 Å². The highest BCUT2D eigenvalue weighted by Gasteiger charge is 2.15. The molecule has 0 heterocycles. The summed E-state index contributed by atoms with van der Waals surface area (Å²) in [5.41, 5.74) is 2.72.